The minimum atomic E-state index is 0.391. The molecule has 0 saturated heterocycles. The van der Waals surface area contributed by atoms with Gasteiger partial charge in [0, 0.05) is 0 Å². The van der Waals surface area contributed by atoms with Crippen molar-refractivity contribution in [3.05, 3.63) is 0 Å². The summed E-state index contributed by atoms with van der Waals surface area (Å²) < 4.78 is 0. The SMILES string of the molecule is CC1CCC(C(C)(C)C(C)(C)C)C(C(C)(C)C)C1. The van der Waals surface area contributed by atoms with Crippen molar-refractivity contribution in [2.24, 2.45) is 34.0 Å². The molecule has 0 nitrogen and oxygen atoms in total. The average molecular weight is 252 g/mol. The van der Waals surface area contributed by atoms with Crippen molar-refractivity contribution in [3.8, 4) is 0 Å². The van der Waals surface area contributed by atoms with Gasteiger partial charge in [-0.2, -0.15) is 0 Å². The van der Waals surface area contributed by atoms with Crippen LogP contribution in [0.5, 0.6) is 0 Å². The molecule has 0 aromatic rings. The first-order valence-corrected chi connectivity index (χ1v) is 7.87. The van der Waals surface area contributed by atoms with Crippen molar-refractivity contribution < 1.29 is 0 Å². The van der Waals surface area contributed by atoms with E-state index in [9.17, 15) is 0 Å². The molecule has 108 valence electrons. The molecule has 0 aliphatic heterocycles. The maximum Gasteiger partial charge on any atom is -0.0274 e. The van der Waals surface area contributed by atoms with E-state index < -0.39 is 0 Å². The third-order valence-corrected chi connectivity index (χ3v) is 6.08. The Bertz CT molecular complexity index is 271. The van der Waals surface area contributed by atoms with Crippen LogP contribution in [0.1, 0.15) is 81.6 Å². The van der Waals surface area contributed by atoms with Crippen LogP contribution in [0.2, 0.25) is 0 Å². The number of hydrogen-bond donors (Lipinski definition) is 0. The van der Waals surface area contributed by atoms with Crippen molar-refractivity contribution in [2.75, 3.05) is 0 Å². The molecule has 1 aliphatic rings. The van der Waals surface area contributed by atoms with Gasteiger partial charge in [0.05, 0.1) is 0 Å². The van der Waals surface area contributed by atoms with E-state index in [0.717, 1.165) is 17.8 Å². The lowest BCUT2D eigenvalue weighted by molar-refractivity contribution is -0.0494. The fourth-order valence-electron chi connectivity index (χ4n) is 3.76. The van der Waals surface area contributed by atoms with Crippen LogP contribution < -0.4 is 0 Å². The maximum atomic E-state index is 2.51. The van der Waals surface area contributed by atoms with Gasteiger partial charge in [-0.25, -0.2) is 0 Å². The largest absolute Gasteiger partial charge is 0.0625 e. The molecule has 0 aromatic heterocycles. The zero-order valence-corrected chi connectivity index (χ0v) is 14.4. The van der Waals surface area contributed by atoms with Gasteiger partial charge in [-0.05, 0) is 46.8 Å². The van der Waals surface area contributed by atoms with Gasteiger partial charge in [0.25, 0.3) is 0 Å². The Morgan fingerprint density at radius 1 is 0.722 bits per heavy atom. The average Bonchev–Trinajstić information content (AvgIpc) is 2.13. The molecular formula is C18H36. The number of hydrogen-bond acceptors (Lipinski definition) is 0. The molecule has 0 radical (unpaired) electrons. The van der Waals surface area contributed by atoms with Crippen LogP contribution >= 0.6 is 0 Å². The van der Waals surface area contributed by atoms with Gasteiger partial charge in [-0.3, -0.25) is 0 Å². The maximum absolute atomic E-state index is 2.51. The minimum Gasteiger partial charge on any atom is -0.0625 e. The molecule has 18 heavy (non-hydrogen) atoms. The fourth-order valence-corrected chi connectivity index (χ4v) is 3.76. The van der Waals surface area contributed by atoms with Crippen LogP contribution in [-0.4, -0.2) is 0 Å². The lowest BCUT2D eigenvalue weighted by Gasteiger charge is -2.54. The highest BCUT2D eigenvalue weighted by atomic mass is 14.5. The van der Waals surface area contributed by atoms with Crippen LogP contribution in [0.4, 0.5) is 0 Å². The lowest BCUT2D eigenvalue weighted by Crippen LogP contribution is -2.46. The second-order valence-electron chi connectivity index (χ2n) is 9.47. The normalized spacial score (nSPS) is 31.5. The monoisotopic (exact) mass is 252 g/mol. The first-order chi connectivity index (χ1) is 7.87. The predicted octanol–water partition coefficient (Wildman–Crippen LogP) is 6.16. The molecule has 1 aliphatic carbocycles. The van der Waals surface area contributed by atoms with E-state index in [-0.39, 0.29) is 0 Å². The summed E-state index contributed by atoms with van der Waals surface area (Å²) in [5.74, 6) is 2.66. The fraction of sp³-hybridized carbons (Fsp3) is 1.00. The second kappa shape index (κ2) is 4.84. The van der Waals surface area contributed by atoms with Crippen molar-refractivity contribution in [3.63, 3.8) is 0 Å². The van der Waals surface area contributed by atoms with E-state index in [4.69, 9.17) is 0 Å². The topological polar surface area (TPSA) is 0 Å². The summed E-state index contributed by atoms with van der Waals surface area (Å²) >= 11 is 0. The van der Waals surface area contributed by atoms with Crippen molar-refractivity contribution in [2.45, 2.75) is 81.6 Å². The lowest BCUT2D eigenvalue weighted by atomic mass is 9.51. The minimum absolute atomic E-state index is 0.391. The Hall–Kier alpha value is 0. The molecule has 0 heterocycles. The number of rotatable bonds is 1. The first-order valence-electron chi connectivity index (χ1n) is 7.87. The van der Waals surface area contributed by atoms with E-state index in [1.165, 1.54) is 19.3 Å². The van der Waals surface area contributed by atoms with Crippen LogP contribution in [0.15, 0.2) is 0 Å². The zero-order valence-electron chi connectivity index (χ0n) is 14.4. The van der Waals surface area contributed by atoms with Crippen molar-refractivity contribution >= 4 is 0 Å². The van der Waals surface area contributed by atoms with Crippen LogP contribution in [0.3, 0.4) is 0 Å². The van der Waals surface area contributed by atoms with Gasteiger partial charge in [0.2, 0.25) is 0 Å². The summed E-state index contributed by atoms with van der Waals surface area (Å²) in [5, 5.41) is 0. The highest BCUT2D eigenvalue weighted by Gasteiger charge is 2.48. The molecule has 1 fully saturated rings. The second-order valence-corrected chi connectivity index (χ2v) is 9.47. The van der Waals surface area contributed by atoms with Gasteiger partial charge >= 0.3 is 0 Å². The molecule has 0 spiro atoms. The van der Waals surface area contributed by atoms with Gasteiger partial charge in [0.1, 0.15) is 0 Å². The Balaban J connectivity index is 3.05. The molecule has 1 saturated carbocycles. The summed E-state index contributed by atoms with van der Waals surface area (Å²) in [4.78, 5) is 0. The van der Waals surface area contributed by atoms with Gasteiger partial charge < -0.3 is 0 Å². The van der Waals surface area contributed by atoms with E-state index in [2.05, 4.69) is 62.3 Å². The van der Waals surface area contributed by atoms with Crippen LogP contribution in [0, 0.1) is 34.0 Å². The standard InChI is InChI=1S/C18H36/c1-13-10-11-14(15(12-13)16(2,3)4)18(8,9)17(5,6)7/h13-15H,10-12H2,1-9H3. The first kappa shape index (κ1) is 16.1. The molecule has 0 amide bonds. The quantitative estimate of drug-likeness (QED) is 0.524. The summed E-state index contributed by atoms with van der Waals surface area (Å²) in [6.07, 6.45) is 4.28. The van der Waals surface area contributed by atoms with Crippen LogP contribution in [-0.2, 0) is 0 Å². The van der Waals surface area contributed by atoms with E-state index in [0.29, 0.717) is 16.2 Å². The smallest absolute Gasteiger partial charge is 0.0274 e. The Labute approximate surface area is 116 Å². The molecule has 0 aromatic carbocycles. The summed E-state index contributed by atoms with van der Waals surface area (Å²) in [5.41, 5.74) is 1.26. The third kappa shape index (κ3) is 3.11. The van der Waals surface area contributed by atoms with Crippen LogP contribution in [0.25, 0.3) is 0 Å². The Kier molecular flexibility index (Phi) is 4.31. The van der Waals surface area contributed by atoms with E-state index in [1.807, 2.05) is 0 Å². The zero-order chi connectivity index (χ0) is 14.4. The van der Waals surface area contributed by atoms with Crippen molar-refractivity contribution in [1.29, 1.82) is 0 Å². The highest BCUT2D eigenvalue weighted by molar-refractivity contribution is 4.97. The van der Waals surface area contributed by atoms with Gasteiger partial charge in [-0.1, -0.05) is 68.7 Å². The molecule has 1 rings (SSSR count). The summed E-state index contributed by atoms with van der Waals surface area (Å²) in [7, 11) is 0. The van der Waals surface area contributed by atoms with Gasteiger partial charge in [-0.15, -0.1) is 0 Å². The van der Waals surface area contributed by atoms with Crippen molar-refractivity contribution in [1.82, 2.24) is 0 Å². The molecular weight excluding hydrogens is 216 g/mol. The predicted molar refractivity (Wildman–Crippen MR) is 82.7 cm³/mol. The Morgan fingerprint density at radius 3 is 1.61 bits per heavy atom. The summed E-state index contributed by atoms with van der Waals surface area (Å²) in [6, 6.07) is 0. The molecule has 0 heteroatoms. The third-order valence-electron chi connectivity index (χ3n) is 6.08. The molecule has 3 unspecified atom stereocenters. The summed E-state index contributed by atoms with van der Waals surface area (Å²) in [6.45, 7) is 22.1. The van der Waals surface area contributed by atoms with Gasteiger partial charge in [0.15, 0.2) is 0 Å². The molecule has 0 N–H and O–H groups in total. The molecule has 0 bridgehead atoms. The van der Waals surface area contributed by atoms with E-state index in [1.54, 1.807) is 0 Å². The Morgan fingerprint density at radius 2 is 1.22 bits per heavy atom. The molecule has 3 atom stereocenters. The van der Waals surface area contributed by atoms with E-state index >= 15 is 0 Å². The highest BCUT2D eigenvalue weighted by Crippen LogP contribution is 2.56.